The Morgan fingerprint density at radius 2 is 2.06 bits per heavy atom. The molecule has 1 aliphatic heterocycles. The van der Waals surface area contributed by atoms with Gasteiger partial charge in [0.05, 0.1) is 24.5 Å². The van der Waals surface area contributed by atoms with E-state index in [1.165, 1.54) is 6.07 Å². The van der Waals surface area contributed by atoms with Gasteiger partial charge in [0.1, 0.15) is 0 Å². The van der Waals surface area contributed by atoms with Crippen LogP contribution in [0.25, 0.3) is 0 Å². The minimum Gasteiger partial charge on any atom is -0.478 e. The number of benzene rings is 1. The second kappa shape index (κ2) is 5.39. The van der Waals surface area contributed by atoms with Gasteiger partial charge in [-0.05, 0) is 18.2 Å². The highest BCUT2D eigenvalue weighted by Crippen LogP contribution is 2.26. The van der Waals surface area contributed by atoms with Gasteiger partial charge in [-0.15, -0.1) is 0 Å². The molecule has 1 aliphatic rings. The van der Waals surface area contributed by atoms with Gasteiger partial charge in [-0.1, -0.05) is 0 Å². The molecule has 1 aromatic carbocycles. The number of ether oxygens (including phenoxy) is 1. The van der Waals surface area contributed by atoms with Gasteiger partial charge in [0.2, 0.25) is 0 Å². The predicted octanol–water partition coefficient (Wildman–Crippen LogP) is 1.79. The van der Waals surface area contributed by atoms with Crippen molar-refractivity contribution in [1.82, 2.24) is 0 Å². The molecule has 5 nitrogen and oxygen atoms in total. The first-order valence-corrected chi connectivity index (χ1v) is 6.01. The summed E-state index contributed by atoms with van der Waals surface area (Å²) >= 11 is 0.549. The van der Waals surface area contributed by atoms with Crippen molar-refractivity contribution < 1.29 is 19.2 Å². The van der Waals surface area contributed by atoms with E-state index >= 15 is 0 Å². The fraction of sp³-hybridized carbons (Fsp3) is 0.364. The smallest absolute Gasteiger partial charge is 0.337 e. The van der Waals surface area contributed by atoms with E-state index in [-0.39, 0.29) is 5.56 Å². The van der Waals surface area contributed by atoms with Crippen LogP contribution < -0.4 is 4.90 Å². The lowest BCUT2D eigenvalue weighted by Gasteiger charge is -2.30. The summed E-state index contributed by atoms with van der Waals surface area (Å²) in [5, 5.41) is 9.17. The third-order valence-corrected chi connectivity index (χ3v) is 3.12. The van der Waals surface area contributed by atoms with Crippen LogP contribution in [0.2, 0.25) is 0 Å². The molecule has 17 heavy (non-hydrogen) atoms. The van der Waals surface area contributed by atoms with Gasteiger partial charge in [-0.25, -0.2) is 4.79 Å². The fourth-order valence-corrected chi connectivity index (χ4v) is 2.12. The van der Waals surface area contributed by atoms with Crippen molar-refractivity contribution in [2.75, 3.05) is 31.2 Å². The molecule has 0 amide bonds. The second-order valence-corrected chi connectivity index (χ2v) is 4.33. The van der Waals surface area contributed by atoms with Gasteiger partial charge in [0.25, 0.3) is 0 Å². The van der Waals surface area contributed by atoms with Crippen LogP contribution in [0.15, 0.2) is 23.1 Å². The Labute approximate surface area is 103 Å². The summed E-state index contributed by atoms with van der Waals surface area (Å²) in [6, 6.07) is 4.92. The van der Waals surface area contributed by atoms with Gasteiger partial charge >= 0.3 is 5.97 Å². The van der Waals surface area contributed by atoms with Gasteiger partial charge in [0, 0.05) is 30.0 Å². The molecule has 1 aromatic rings. The summed E-state index contributed by atoms with van der Waals surface area (Å²) < 4.78 is 14.2. The predicted molar refractivity (Wildman–Crippen MR) is 64.9 cm³/mol. The Kier molecular flexibility index (Phi) is 3.88. The average molecular weight is 255 g/mol. The number of rotatable bonds is 3. The molecule has 0 spiro atoms. The van der Waals surface area contributed by atoms with Crippen molar-refractivity contribution in [2.24, 2.45) is 0 Å². The summed E-state index contributed by atoms with van der Waals surface area (Å²) in [4.78, 5) is 13.7. The van der Waals surface area contributed by atoms with Gasteiger partial charge in [0.15, 0.2) is 0 Å². The lowest BCUT2D eigenvalue weighted by Crippen LogP contribution is -2.37. The molecule has 1 fully saturated rings. The molecule has 0 aliphatic carbocycles. The Morgan fingerprint density at radius 1 is 1.35 bits per heavy atom. The quantitative estimate of drug-likeness (QED) is 0.802. The van der Waals surface area contributed by atoms with Crippen molar-refractivity contribution in [2.45, 2.75) is 4.90 Å². The summed E-state index contributed by atoms with van der Waals surface area (Å²) in [6.45, 7) is 2.59. The van der Waals surface area contributed by atoms with Crippen LogP contribution in [0.4, 0.5) is 5.69 Å². The summed E-state index contributed by atoms with van der Waals surface area (Å²) in [7, 11) is 0. The van der Waals surface area contributed by atoms with Crippen LogP contribution in [-0.4, -0.2) is 41.9 Å². The zero-order chi connectivity index (χ0) is 12.3. The van der Waals surface area contributed by atoms with E-state index in [1.54, 1.807) is 12.1 Å². The molecule has 92 valence electrons. The number of nitrogens with zero attached hydrogens (tertiary/aromatic N) is 1. The Hall–Kier alpha value is -1.24. The van der Waals surface area contributed by atoms with Crippen molar-refractivity contribution >= 4 is 23.7 Å². The number of carboxylic acids is 1. The third-order valence-electron chi connectivity index (χ3n) is 2.66. The number of anilines is 1. The molecule has 2 rings (SSSR count). The fourth-order valence-electron chi connectivity index (χ4n) is 1.82. The van der Waals surface area contributed by atoms with E-state index < -0.39 is 5.97 Å². The molecule has 0 unspecified atom stereocenters. The number of hydrogen-bond acceptors (Lipinski definition) is 5. The summed E-state index contributed by atoms with van der Waals surface area (Å²) in [6.07, 6.45) is 0. The molecule has 1 heterocycles. The van der Waals surface area contributed by atoms with E-state index in [0.29, 0.717) is 48.9 Å². The van der Waals surface area contributed by atoms with Crippen molar-refractivity contribution in [3.05, 3.63) is 23.8 Å². The maximum absolute atomic E-state index is 11.2. The molecule has 6 heteroatoms. The molecule has 0 radical (unpaired) electrons. The molecule has 1 saturated heterocycles. The molecule has 0 saturated carbocycles. The highest BCUT2D eigenvalue weighted by atomic mass is 32.2. The topological polar surface area (TPSA) is 70.0 Å². The number of hydrogen-bond donors (Lipinski definition) is 2. The average Bonchev–Trinajstić information content (AvgIpc) is 2.39. The zero-order valence-corrected chi connectivity index (χ0v) is 9.94. The number of carbonyl (C=O) groups is 1. The molecule has 2 N–H and O–H groups in total. The van der Waals surface area contributed by atoms with Crippen LogP contribution in [0.1, 0.15) is 10.4 Å². The normalized spacial score (nSPS) is 15.9. The Morgan fingerprint density at radius 3 is 2.65 bits per heavy atom. The molecular formula is C11H13NO4S. The second-order valence-electron chi connectivity index (χ2n) is 3.67. The van der Waals surface area contributed by atoms with Gasteiger partial charge < -0.3 is 19.3 Å². The maximum atomic E-state index is 11.2. The first-order chi connectivity index (χ1) is 8.22. The van der Waals surface area contributed by atoms with E-state index in [1.807, 2.05) is 4.90 Å². The van der Waals surface area contributed by atoms with Crippen molar-refractivity contribution in [3.8, 4) is 0 Å². The van der Waals surface area contributed by atoms with Gasteiger partial charge in [-0.2, -0.15) is 0 Å². The number of aromatic carboxylic acids is 1. The van der Waals surface area contributed by atoms with E-state index in [2.05, 4.69) is 0 Å². The first kappa shape index (κ1) is 12.2. The largest absolute Gasteiger partial charge is 0.478 e. The molecule has 0 atom stereocenters. The number of carboxylic acid groups (broad SMARTS) is 1. The van der Waals surface area contributed by atoms with Crippen molar-refractivity contribution in [3.63, 3.8) is 0 Å². The zero-order valence-electron chi connectivity index (χ0n) is 9.13. The lowest BCUT2D eigenvalue weighted by molar-refractivity contribution is 0.0696. The standard InChI is InChI=1S/C11H13NO4S/c13-11(14)9-7-8(17-15)1-2-10(9)12-3-5-16-6-4-12/h1-2,7,15H,3-6H2,(H,13,14). The highest BCUT2D eigenvalue weighted by Gasteiger charge is 2.18. The van der Waals surface area contributed by atoms with Crippen LogP contribution >= 0.6 is 12.0 Å². The first-order valence-electron chi connectivity index (χ1n) is 5.24. The lowest BCUT2D eigenvalue weighted by atomic mass is 10.1. The van der Waals surface area contributed by atoms with E-state index in [0.717, 1.165) is 0 Å². The summed E-state index contributed by atoms with van der Waals surface area (Å²) in [5.74, 6) is -0.984. The molecular weight excluding hydrogens is 242 g/mol. The van der Waals surface area contributed by atoms with Gasteiger partial charge in [-0.3, -0.25) is 0 Å². The van der Waals surface area contributed by atoms with E-state index in [4.69, 9.17) is 14.4 Å². The minimum absolute atomic E-state index is 0.214. The van der Waals surface area contributed by atoms with Crippen LogP contribution in [0.5, 0.6) is 0 Å². The molecule has 0 aromatic heterocycles. The summed E-state index contributed by atoms with van der Waals surface area (Å²) in [5.41, 5.74) is 0.893. The minimum atomic E-state index is -0.984. The Balaban J connectivity index is 2.34. The SMILES string of the molecule is O=C(O)c1cc(SO)ccc1N1CCOCC1. The molecule has 0 bridgehead atoms. The van der Waals surface area contributed by atoms with E-state index in [9.17, 15) is 4.79 Å². The van der Waals surface area contributed by atoms with Crippen LogP contribution in [-0.2, 0) is 4.74 Å². The van der Waals surface area contributed by atoms with Crippen LogP contribution in [0.3, 0.4) is 0 Å². The maximum Gasteiger partial charge on any atom is 0.337 e. The monoisotopic (exact) mass is 255 g/mol. The van der Waals surface area contributed by atoms with Crippen molar-refractivity contribution in [1.29, 1.82) is 0 Å². The number of morpholine rings is 1. The Bertz CT molecular complexity index is 418. The third kappa shape index (κ3) is 2.71. The van der Waals surface area contributed by atoms with Crippen LogP contribution in [0, 0.1) is 0 Å². The highest BCUT2D eigenvalue weighted by molar-refractivity contribution is 7.93.